The molecule has 0 bridgehead atoms. The normalized spacial score (nSPS) is 19.7. The Morgan fingerprint density at radius 3 is 2.42 bits per heavy atom. The van der Waals surface area contributed by atoms with Crippen molar-refractivity contribution in [3.8, 4) is 17.2 Å². The van der Waals surface area contributed by atoms with E-state index in [9.17, 15) is 8.42 Å². The first kappa shape index (κ1) is 21.5. The van der Waals surface area contributed by atoms with Gasteiger partial charge in [0.05, 0.1) is 17.9 Å². The second kappa shape index (κ2) is 8.78. The van der Waals surface area contributed by atoms with Crippen molar-refractivity contribution >= 4 is 10.0 Å². The van der Waals surface area contributed by atoms with Crippen molar-refractivity contribution in [2.45, 2.75) is 10.8 Å². The third-order valence-corrected chi connectivity index (χ3v) is 7.33. The molecule has 0 spiro atoms. The number of methoxy groups -OCH3 is 1. The van der Waals surface area contributed by atoms with E-state index in [1.54, 1.807) is 31.4 Å². The molecule has 1 fully saturated rings. The Morgan fingerprint density at radius 2 is 1.77 bits per heavy atom. The van der Waals surface area contributed by atoms with Crippen LogP contribution in [0.2, 0.25) is 0 Å². The Hall–Kier alpha value is -2.75. The second-order valence-electron chi connectivity index (χ2n) is 7.94. The molecule has 0 aliphatic carbocycles. The van der Waals surface area contributed by atoms with Gasteiger partial charge in [-0.05, 0) is 56.4 Å². The lowest BCUT2D eigenvalue weighted by atomic mass is 9.95. The number of ether oxygens (including phenoxy) is 1. The van der Waals surface area contributed by atoms with E-state index in [1.165, 1.54) is 4.31 Å². The maximum Gasteiger partial charge on any atom is 0.247 e. The van der Waals surface area contributed by atoms with Crippen molar-refractivity contribution in [3.05, 3.63) is 60.5 Å². The predicted molar refractivity (Wildman–Crippen MR) is 116 cm³/mol. The van der Waals surface area contributed by atoms with Crippen molar-refractivity contribution in [2.24, 2.45) is 5.92 Å². The summed E-state index contributed by atoms with van der Waals surface area (Å²) in [4.78, 5) is 2.29. The summed E-state index contributed by atoms with van der Waals surface area (Å²) in [5.74, 6) is 1.38. The molecule has 0 unspecified atom stereocenters. The highest BCUT2D eigenvalue weighted by atomic mass is 32.2. The van der Waals surface area contributed by atoms with E-state index in [4.69, 9.17) is 9.15 Å². The minimum atomic E-state index is -3.65. The Balaban J connectivity index is 1.61. The molecular formula is C22H26N4O4S. The summed E-state index contributed by atoms with van der Waals surface area (Å²) in [5, 5.41) is 8.47. The van der Waals surface area contributed by atoms with E-state index in [0.717, 1.165) is 5.56 Å². The predicted octanol–water partition coefficient (Wildman–Crippen LogP) is 2.71. The van der Waals surface area contributed by atoms with E-state index in [0.29, 0.717) is 37.2 Å². The summed E-state index contributed by atoms with van der Waals surface area (Å²) in [6.45, 7) is 1.39. The van der Waals surface area contributed by atoms with Gasteiger partial charge in [0.25, 0.3) is 0 Å². The zero-order valence-corrected chi connectivity index (χ0v) is 18.6. The van der Waals surface area contributed by atoms with Gasteiger partial charge in [0.1, 0.15) is 5.75 Å². The molecule has 9 heteroatoms. The molecule has 0 saturated carbocycles. The Labute approximate surface area is 182 Å². The van der Waals surface area contributed by atoms with Gasteiger partial charge < -0.3 is 14.1 Å². The maximum atomic E-state index is 13.3. The molecule has 4 rings (SSSR count). The zero-order chi connectivity index (χ0) is 22.0. The van der Waals surface area contributed by atoms with Crippen molar-refractivity contribution in [2.75, 3.05) is 40.8 Å². The first-order valence-electron chi connectivity index (χ1n) is 10.1. The van der Waals surface area contributed by atoms with Gasteiger partial charge in [0.2, 0.25) is 21.8 Å². The van der Waals surface area contributed by atoms with Crippen molar-refractivity contribution in [1.82, 2.24) is 19.4 Å². The van der Waals surface area contributed by atoms with Crippen LogP contribution >= 0.6 is 0 Å². The molecule has 1 aliphatic heterocycles. The number of rotatable bonds is 7. The average molecular weight is 443 g/mol. The van der Waals surface area contributed by atoms with Crippen LogP contribution in [0.3, 0.4) is 0 Å². The van der Waals surface area contributed by atoms with E-state index in [2.05, 4.69) is 15.1 Å². The van der Waals surface area contributed by atoms with Crippen molar-refractivity contribution in [1.29, 1.82) is 0 Å². The molecule has 31 heavy (non-hydrogen) atoms. The topological polar surface area (TPSA) is 88.8 Å². The quantitative estimate of drug-likeness (QED) is 0.556. The molecule has 0 radical (unpaired) electrons. The molecule has 0 amide bonds. The number of hydrogen-bond donors (Lipinski definition) is 0. The highest BCUT2D eigenvalue weighted by Crippen LogP contribution is 2.36. The Morgan fingerprint density at radius 1 is 1.06 bits per heavy atom. The number of benzene rings is 2. The third kappa shape index (κ3) is 4.48. The van der Waals surface area contributed by atoms with E-state index < -0.39 is 10.0 Å². The zero-order valence-electron chi connectivity index (χ0n) is 17.8. The largest absolute Gasteiger partial charge is 0.497 e. The van der Waals surface area contributed by atoms with Gasteiger partial charge >= 0.3 is 0 Å². The molecule has 164 valence electrons. The molecule has 2 heterocycles. The monoisotopic (exact) mass is 442 g/mol. The van der Waals surface area contributed by atoms with Crippen LogP contribution in [-0.4, -0.2) is 68.7 Å². The molecule has 3 aromatic rings. The molecule has 1 aliphatic rings. The van der Waals surface area contributed by atoms with Gasteiger partial charge in [-0.3, -0.25) is 0 Å². The average Bonchev–Trinajstić information content (AvgIpc) is 3.41. The lowest BCUT2D eigenvalue weighted by Gasteiger charge is -2.19. The number of aromatic nitrogens is 2. The van der Waals surface area contributed by atoms with Crippen LogP contribution in [0.25, 0.3) is 11.5 Å². The first-order chi connectivity index (χ1) is 14.9. The van der Waals surface area contributed by atoms with Crippen LogP contribution < -0.4 is 4.74 Å². The fourth-order valence-corrected chi connectivity index (χ4v) is 5.46. The Bertz CT molecular complexity index is 1110. The van der Waals surface area contributed by atoms with Crippen LogP contribution in [0.4, 0.5) is 0 Å². The second-order valence-corrected chi connectivity index (χ2v) is 9.88. The fraction of sp³-hybridized carbons (Fsp3) is 0.364. The van der Waals surface area contributed by atoms with Gasteiger partial charge in [-0.25, -0.2) is 8.42 Å². The summed E-state index contributed by atoms with van der Waals surface area (Å²) in [6, 6.07) is 16.0. The van der Waals surface area contributed by atoms with Gasteiger partial charge in [0, 0.05) is 25.2 Å². The summed E-state index contributed by atoms with van der Waals surface area (Å²) in [6.07, 6.45) is 0. The number of nitrogens with zero attached hydrogens (tertiary/aromatic N) is 4. The van der Waals surface area contributed by atoms with Crippen molar-refractivity contribution < 1.29 is 17.6 Å². The summed E-state index contributed by atoms with van der Waals surface area (Å²) in [5.41, 5.74) is 0.839. The standard InChI is InChI=1S/C22H26N4O4S/c1-25(2)13-17-14-26(31(27,28)19-11-9-18(29-3)10-12-19)15-20(17)22-24-23-21(30-22)16-7-5-4-6-8-16/h4-12,17,20H,13-15H2,1-3H3/t17-,20-/m0/s1. The molecule has 2 aromatic carbocycles. The van der Waals surface area contributed by atoms with Crippen LogP contribution in [0.15, 0.2) is 63.9 Å². The third-order valence-electron chi connectivity index (χ3n) is 5.48. The number of hydrogen-bond acceptors (Lipinski definition) is 7. The molecule has 0 N–H and O–H groups in total. The van der Waals surface area contributed by atoms with Crippen molar-refractivity contribution in [3.63, 3.8) is 0 Å². The molecule has 1 aromatic heterocycles. The smallest absolute Gasteiger partial charge is 0.247 e. The van der Waals surface area contributed by atoms with Gasteiger partial charge in [-0.2, -0.15) is 4.31 Å². The molecule has 2 atom stereocenters. The summed E-state index contributed by atoms with van der Waals surface area (Å²) >= 11 is 0. The van der Waals surface area contributed by atoms with E-state index in [-0.39, 0.29) is 16.7 Å². The molecule has 8 nitrogen and oxygen atoms in total. The SMILES string of the molecule is COc1ccc(S(=O)(=O)N2C[C@H](CN(C)C)[C@@H](c3nnc(-c4ccccc4)o3)C2)cc1. The van der Waals surface area contributed by atoms with Gasteiger partial charge in [-0.1, -0.05) is 18.2 Å². The van der Waals surface area contributed by atoms with Crippen LogP contribution in [-0.2, 0) is 10.0 Å². The summed E-state index contributed by atoms with van der Waals surface area (Å²) in [7, 11) is 1.85. The highest BCUT2D eigenvalue weighted by molar-refractivity contribution is 7.89. The van der Waals surface area contributed by atoms with Crippen LogP contribution in [0, 0.1) is 5.92 Å². The summed E-state index contributed by atoms with van der Waals surface area (Å²) < 4.78 is 39.2. The maximum absolute atomic E-state index is 13.3. The van der Waals surface area contributed by atoms with Gasteiger partial charge in [-0.15, -0.1) is 10.2 Å². The van der Waals surface area contributed by atoms with Crippen LogP contribution in [0.1, 0.15) is 11.8 Å². The minimum Gasteiger partial charge on any atom is -0.497 e. The minimum absolute atomic E-state index is 0.0343. The number of sulfonamides is 1. The van der Waals surface area contributed by atoms with E-state index in [1.807, 2.05) is 44.4 Å². The lowest BCUT2D eigenvalue weighted by molar-refractivity contribution is 0.300. The molecular weight excluding hydrogens is 416 g/mol. The fourth-order valence-electron chi connectivity index (χ4n) is 3.94. The lowest BCUT2D eigenvalue weighted by Crippen LogP contribution is -2.30. The molecule has 1 saturated heterocycles. The first-order valence-corrected chi connectivity index (χ1v) is 11.5. The Kier molecular flexibility index (Phi) is 6.08. The van der Waals surface area contributed by atoms with E-state index >= 15 is 0 Å². The highest BCUT2D eigenvalue weighted by Gasteiger charge is 2.42. The van der Waals surface area contributed by atoms with Crippen LogP contribution in [0.5, 0.6) is 5.75 Å². The van der Waals surface area contributed by atoms with Gasteiger partial charge in [0.15, 0.2) is 0 Å².